The maximum atomic E-state index is 6.38. The van der Waals surface area contributed by atoms with Crippen molar-refractivity contribution in [1.82, 2.24) is 14.8 Å². The summed E-state index contributed by atoms with van der Waals surface area (Å²) in [6.07, 6.45) is 8.90. The molecule has 1 aromatic carbocycles. The molecule has 1 saturated carbocycles. The number of ether oxygens (including phenoxy) is 3. The Labute approximate surface area is 182 Å². The molecule has 4 heterocycles. The summed E-state index contributed by atoms with van der Waals surface area (Å²) in [5.41, 5.74) is 4.50. The van der Waals surface area contributed by atoms with Crippen LogP contribution in [0.4, 0.5) is 0 Å². The molecule has 0 N–H and O–H groups in total. The Balaban J connectivity index is 1.46. The second-order valence-corrected chi connectivity index (χ2v) is 9.27. The number of benzene rings is 1. The van der Waals surface area contributed by atoms with E-state index in [0.717, 1.165) is 66.7 Å². The van der Waals surface area contributed by atoms with Gasteiger partial charge in [-0.15, -0.1) is 0 Å². The molecule has 2 aliphatic heterocycles. The van der Waals surface area contributed by atoms with E-state index in [1.165, 1.54) is 5.56 Å². The van der Waals surface area contributed by atoms with Crippen LogP contribution in [-0.2, 0) is 14.9 Å². The second kappa shape index (κ2) is 7.04. The molecule has 2 atom stereocenters. The fourth-order valence-electron chi connectivity index (χ4n) is 6.18. The van der Waals surface area contributed by atoms with Crippen molar-refractivity contribution in [3.05, 3.63) is 47.9 Å². The van der Waals surface area contributed by atoms with Crippen LogP contribution in [0.1, 0.15) is 50.3 Å². The van der Waals surface area contributed by atoms with Gasteiger partial charge >= 0.3 is 0 Å². The average molecular weight is 420 g/mol. The van der Waals surface area contributed by atoms with Crippen molar-refractivity contribution < 1.29 is 14.2 Å². The number of rotatable bonds is 2. The van der Waals surface area contributed by atoms with Gasteiger partial charge in [0.15, 0.2) is 5.79 Å². The van der Waals surface area contributed by atoms with Gasteiger partial charge in [-0.1, -0.05) is 6.92 Å². The number of pyridine rings is 1. The molecular formula is C25H29N3O3. The third kappa shape index (κ3) is 2.92. The van der Waals surface area contributed by atoms with Crippen LogP contribution in [0.2, 0.25) is 0 Å². The molecule has 2 fully saturated rings. The molecule has 2 aromatic heterocycles. The minimum Gasteiger partial charge on any atom is -0.493 e. The van der Waals surface area contributed by atoms with Crippen molar-refractivity contribution in [1.29, 1.82) is 0 Å². The molecule has 1 spiro atoms. The second-order valence-electron chi connectivity index (χ2n) is 9.27. The number of nitrogens with zero attached hydrogens (tertiary/aromatic N) is 3. The lowest BCUT2D eigenvalue weighted by Gasteiger charge is -2.49. The molecule has 2 unspecified atom stereocenters. The van der Waals surface area contributed by atoms with E-state index in [1.54, 1.807) is 0 Å². The third-order valence-corrected chi connectivity index (χ3v) is 7.79. The van der Waals surface area contributed by atoms with Crippen molar-refractivity contribution in [2.24, 2.45) is 5.92 Å². The van der Waals surface area contributed by atoms with Crippen molar-refractivity contribution in [2.75, 3.05) is 19.8 Å². The van der Waals surface area contributed by atoms with Crippen LogP contribution in [-0.4, -0.2) is 40.4 Å². The minimum absolute atomic E-state index is 0.0932. The van der Waals surface area contributed by atoms with E-state index in [-0.39, 0.29) is 11.2 Å². The molecule has 3 aliphatic rings. The van der Waals surface area contributed by atoms with Gasteiger partial charge in [0.1, 0.15) is 5.75 Å². The van der Waals surface area contributed by atoms with E-state index in [9.17, 15) is 0 Å². The molecule has 6 nitrogen and oxygen atoms in total. The van der Waals surface area contributed by atoms with Gasteiger partial charge < -0.3 is 14.2 Å². The van der Waals surface area contributed by atoms with Crippen LogP contribution >= 0.6 is 0 Å². The number of fused-ring (bicyclic) bond motifs is 4. The molecule has 1 saturated heterocycles. The number of aryl methyl sites for hydroxylation is 1. The Morgan fingerprint density at radius 1 is 1.13 bits per heavy atom. The Kier molecular flexibility index (Phi) is 4.37. The van der Waals surface area contributed by atoms with Crippen LogP contribution in [0.25, 0.3) is 16.6 Å². The first-order valence-corrected chi connectivity index (χ1v) is 11.5. The Morgan fingerprint density at radius 2 is 2.00 bits per heavy atom. The minimum atomic E-state index is -0.373. The number of hydrogen-bond donors (Lipinski definition) is 0. The molecule has 0 amide bonds. The van der Waals surface area contributed by atoms with Gasteiger partial charge in [0.2, 0.25) is 0 Å². The van der Waals surface area contributed by atoms with Gasteiger partial charge in [-0.05, 0) is 50.3 Å². The fraction of sp³-hybridized carbons (Fsp3) is 0.520. The topological polar surface area (TPSA) is 58.4 Å². The highest BCUT2D eigenvalue weighted by Gasteiger charge is 2.53. The first-order chi connectivity index (χ1) is 15.1. The summed E-state index contributed by atoms with van der Waals surface area (Å²) in [5, 5.41) is 5.86. The largest absolute Gasteiger partial charge is 0.493 e. The van der Waals surface area contributed by atoms with Crippen molar-refractivity contribution in [3.8, 4) is 11.4 Å². The highest BCUT2D eigenvalue weighted by molar-refractivity contribution is 5.83. The lowest BCUT2D eigenvalue weighted by molar-refractivity contribution is -0.199. The van der Waals surface area contributed by atoms with Crippen LogP contribution in [0.15, 0.2) is 36.7 Å². The van der Waals surface area contributed by atoms with Gasteiger partial charge in [0, 0.05) is 47.2 Å². The Morgan fingerprint density at radius 3 is 2.81 bits per heavy atom. The summed E-state index contributed by atoms with van der Waals surface area (Å²) in [5.74, 6) is 1.12. The normalized spacial score (nSPS) is 27.0. The molecule has 6 rings (SSSR count). The van der Waals surface area contributed by atoms with Crippen LogP contribution in [0.5, 0.6) is 5.75 Å². The van der Waals surface area contributed by atoms with Gasteiger partial charge in [-0.25, -0.2) is 4.68 Å². The smallest absolute Gasteiger partial charge is 0.168 e. The lowest BCUT2D eigenvalue weighted by atomic mass is 9.59. The monoisotopic (exact) mass is 419 g/mol. The predicted octanol–water partition coefficient (Wildman–Crippen LogP) is 4.70. The maximum Gasteiger partial charge on any atom is 0.168 e. The number of aromatic nitrogens is 3. The standard InChI is InChI=1S/C25H29N3O3/c1-3-24-6-7-25(30-10-11-31-25)15-19(24)5-9-29-23-14-22-18(13-21(23)24)16-27-28(22)20-4-8-26-17(2)12-20/h4,8,12-14,16,19H,3,5-7,9-11,15H2,1-2H3. The van der Waals surface area contributed by atoms with E-state index in [2.05, 4.69) is 30.1 Å². The Hall–Kier alpha value is -2.44. The number of hydrogen-bond acceptors (Lipinski definition) is 5. The van der Waals surface area contributed by atoms with E-state index in [4.69, 9.17) is 19.3 Å². The van der Waals surface area contributed by atoms with Crippen LogP contribution in [0.3, 0.4) is 0 Å². The quantitative estimate of drug-likeness (QED) is 0.602. The van der Waals surface area contributed by atoms with Crippen LogP contribution < -0.4 is 4.74 Å². The van der Waals surface area contributed by atoms with E-state index in [0.29, 0.717) is 19.1 Å². The van der Waals surface area contributed by atoms with Gasteiger partial charge in [-0.2, -0.15) is 5.10 Å². The third-order valence-electron chi connectivity index (χ3n) is 7.79. The zero-order valence-corrected chi connectivity index (χ0v) is 18.3. The van der Waals surface area contributed by atoms with Crippen molar-refractivity contribution in [2.45, 2.75) is 57.2 Å². The lowest BCUT2D eigenvalue weighted by Crippen LogP contribution is -2.48. The molecule has 0 bridgehead atoms. The first-order valence-electron chi connectivity index (χ1n) is 11.5. The highest BCUT2D eigenvalue weighted by atomic mass is 16.7. The Bertz CT molecular complexity index is 1130. The van der Waals surface area contributed by atoms with Crippen molar-refractivity contribution in [3.63, 3.8) is 0 Å². The van der Waals surface area contributed by atoms with E-state index < -0.39 is 0 Å². The highest BCUT2D eigenvalue weighted by Crippen LogP contribution is 2.56. The zero-order valence-electron chi connectivity index (χ0n) is 18.3. The summed E-state index contributed by atoms with van der Waals surface area (Å²) >= 11 is 0. The molecule has 3 aromatic rings. The van der Waals surface area contributed by atoms with Crippen LogP contribution in [0, 0.1) is 12.8 Å². The summed E-state index contributed by atoms with van der Waals surface area (Å²) < 4.78 is 20.6. The van der Waals surface area contributed by atoms with E-state index >= 15 is 0 Å². The zero-order chi connectivity index (χ0) is 21.1. The molecule has 0 radical (unpaired) electrons. The first kappa shape index (κ1) is 19.3. The van der Waals surface area contributed by atoms with Gasteiger partial charge in [0.05, 0.1) is 37.2 Å². The summed E-state index contributed by atoms with van der Waals surface area (Å²) in [6.45, 7) is 6.48. The van der Waals surface area contributed by atoms with Gasteiger partial charge in [-0.3, -0.25) is 4.98 Å². The molecule has 6 heteroatoms. The molecular weight excluding hydrogens is 390 g/mol. The molecule has 1 aliphatic carbocycles. The molecule has 162 valence electrons. The summed E-state index contributed by atoms with van der Waals surface area (Å²) in [4.78, 5) is 4.32. The average Bonchev–Trinajstić information content (AvgIpc) is 3.37. The SMILES string of the molecule is CCC12CCC3(CC1CCOc1cc4c(cnn4-c4ccnc(C)c4)cc12)OCCO3. The summed E-state index contributed by atoms with van der Waals surface area (Å²) in [6, 6.07) is 8.58. The van der Waals surface area contributed by atoms with E-state index in [1.807, 2.05) is 30.1 Å². The fourth-order valence-corrected chi connectivity index (χ4v) is 6.18. The maximum absolute atomic E-state index is 6.38. The van der Waals surface area contributed by atoms with Gasteiger partial charge in [0.25, 0.3) is 0 Å². The van der Waals surface area contributed by atoms with Crippen molar-refractivity contribution >= 4 is 10.9 Å². The molecule has 31 heavy (non-hydrogen) atoms. The predicted molar refractivity (Wildman–Crippen MR) is 118 cm³/mol. The summed E-state index contributed by atoms with van der Waals surface area (Å²) in [7, 11) is 0.